The van der Waals surface area contributed by atoms with Crippen molar-refractivity contribution in [2.24, 2.45) is 0 Å². The summed E-state index contributed by atoms with van der Waals surface area (Å²) in [5, 5.41) is 0.795. The molecule has 0 aliphatic carbocycles. The van der Waals surface area contributed by atoms with E-state index in [1.807, 2.05) is 48.5 Å². The van der Waals surface area contributed by atoms with E-state index in [-0.39, 0.29) is 5.43 Å². The molecule has 0 unspecified atom stereocenters. The highest BCUT2D eigenvalue weighted by Gasteiger charge is 2.04. The maximum Gasteiger partial charge on any atom is 0.188 e. The van der Waals surface area contributed by atoms with Crippen LogP contribution >= 0.6 is 27.3 Å². The quantitative estimate of drug-likeness (QED) is 0.636. The molecule has 0 fully saturated rings. The molecule has 3 heteroatoms. The highest BCUT2D eigenvalue weighted by atomic mass is 79.9. The fourth-order valence-corrected chi connectivity index (χ4v) is 3.21. The molecule has 0 N–H and O–H groups in total. The Kier molecular flexibility index (Phi) is 3.02. The minimum Gasteiger partial charge on any atom is -0.289 e. The van der Waals surface area contributed by atoms with E-state index in [9.17, 15) is 4.79 Å². The van der Waals surface area contributed by atoms with Crippen molar-refractivity contribution < 1.29 is 0 Å². The second-order valence-electron chi connectivity index (χ2n) is 3.98. The van der Waals surface area contributed by atoms with E-state index in [1.165, 1.54) is 0 Å². The van der Waals surface area contributed by atoms with Gasteiger partial charge >= 0.3 is 0 Å². The summed E-state index contributed by atoms with van der Waals surface area (Å²) in [5.41, 5.74) is 1.16. The first-order chi connectivity index (χ1) is 8.74. The minimum absolute atomic E-state index is 0.0854. The van der Waals surface area contributed by atoms with E-state index >= 15 is 0 Å². The lowest BCUT2D eigenvalue weighted by atomic mass is 10.2. The van der Waals surface area contributed by atoms with Gasteiger partial charge in [0.2, 0.25) is 0 Å². The summed E-state index contributed by atoms with van der Waals surface area (Å²) < 4.78 is 2.07. The Labute approximate surface area is 117 Å². The Morgan fingerprint density at radius 2 is 1.67 bits per heavy atom. The molecule has 3 aromatic rings. The van der Waals surface area contributed by atoms with Gasteiger partial charge in [-0.15, -0.1) is 11.3 Å². The van der Waals surface area contributed by atoms with Crippen LogP contribution in [0.3, 0.4) is 0 Å². The minimum atomic E-state index is 0.0854. The first-order valence-electron chi connectivity index (χ1n) is 5.53. The van der Waals surface area contributed by atoms with Gasteiger partial charge in [-0.3, -0.25) is 4.79 Å². The SMILES string of the molecule is O=c1cc(-c2ccc(Br)cc2)sc2ccccc12. The standard InChI is InChI=1S/C15H9BrOS/c16-11-7-5-10(6-8-11)15-9-13(17)12-3-1-2-4-14(12)18-15/h1-9H. The summed E-state index contributed by atoms with van der Waals surface area (Å²) in [5.74, 6) is 0. The van der Waals surface area contributed by atoms with Crippen LogP contribution in [-0.2, 0) is 0 Å². The van der Waals surface area contributed by atoms with E-state index in [1.54, 1.807) is 17.4 Å². The van der Waals surface area contributed by atoms with Crippen LogP contribution in [-0.4, -0.2) is 0 Å². The summed E-state index contributed by atoms with van der Waals surface area (Å²) in [4.78, 5) is 13.0. The maximum atomic E-state index is 12.0. The van der Waals surface area contributed by atoms with Gasteiger partial charge in [0, 0.05) is 25.5 Å². The van der Waals surface area contributed by atoms with Crippen LogP contribution < -0.4 is 5.43 Å². The summed E-state index contributed by atoms with van der Waals surface area (Å²) in [7, 11) is 0. The van der Waals surface area contributed by atoms with Crippen molar-refractivity contribution >= 4 is 37.4 Å². The molecular formula is C15H9BrOS. The van der Waals surface area contributed by atoms with Crippen LogP contribution in [0.2, 0.25) is 0 Å². The fourth-order valence-electron chi connectivity index (χ4n) is 1.86. The Bertz CT molecular complexity index is 759. The largest absolute Gasteiger partial charge is 0.289 e. The monoisotopic (exact) mass is 316 g/mol. The highest BCUT2D eigenvalue weighted by Crippen LogP contribution is 2.28. The lowest BCUT2D eigenvalue weighted by Gasteiger charge is -2.02. The smallest absolute Gasteiger partial charge is 0.188 e. The number of halogens is 1. The van der Waals surface area contributed by atoms with Gasteiger partial charge in [-0.25, -0.2) is 0 Å². The lowest BCUT2D eigenvalue weighted by molar-refractivity contribution is 1.63. The van der Waals surface area contributed by atoms with Crippen molar-refractivity contribution in [1.29, 1.82) is 0 Å². The van der Waals surface area contributed by atoms with Crippen LogP contribution in [0.5, 0.6) is 0 Å². The molecular weight excluding hydrogens is 308 g/mol. The number of benzene rings is 2. The molecule has 0 aliphatic rings. The fraction of sp³-hybridized carbons (Fsp3) is 0. The Balaban J connectivity index is 2.24. The molecule has 0 bridgehead atoms. The first kappa shape index (κ1) is 11.6. The molecule has 2 aromatic carbocycles. The Morgan fingerprint density at radius 3 is 2.44 bits per heavy atom. The predicted molar refractivity (Wildman–Crippen MR) is 81.2 cm³/mol. The molecule has 0 saturated carbocycles. The zero-order valence-electron chi connectivity index (χ0n) is 9.39. The molecule has 3 rings (SSSR count). The van der Waals surface area contributed by atoms with Gasteiger partial charge in [-0.1, -0.05) is 40.2 Å². The summed E-state index contributed by atoms with van der Waals surface area (Å²) in [6.45, 7) is 0. The maximum absolute atomic E-state index is 12.0. The zero-order valence-corrected chi connectivity index (χ0v) is 11.8. The summed E-state index contributed by atoms with van der Waals surface area (Å²) in [6.07, 6.45) is 0. The molecule has 1 heterocycles. The van der Waals surface area contributed by atoms with E-state index in [2.05, 4.69) is 15.9 Å². The van der Waals surface area contributed by atoms with Gasteiger partial charge in [-0.05, 0) is 29.8 Å². The van der Waals surface area contributed by atoms with Gasteiger partial charge in [0.15, 0.2) is 5.43 Å². The average Bonchev–Trinajstić information content (AvgIpc) is 2.39. The normalized spacial score (nSPS) is 10.7. The number of fused-ring (bicyclic) bond motifs is 1. The van der Waals surface area contributed by atoms with Crippen molar-refractivity contribution in [3.8, 4) is 10.4 Å². The van der Waals surface area contributed by atoms with Gasteiger partial charge < -0.3 is 0 Å². The number of hydrogen-bond acceptors (Lipinski definition) is 2. The van der Waals surface area contributed by atoms with Crippen LogP contribution in [0.25, 0.3) is 20.5 Å². The van der Waals surface area contributed by atoms with Crippen LogP contribution in [0, 0.1) is 0 Å². The summed E-state index contributed by atoms with van der Waals surface area (Å²) in [6, 6.07) is 17.5. The van der Waals surface area contributed by atoms with Crippen molar-refractivity contribution in [2.75, 3.05) is 0 Å². The van der Waals surface area contributed by atoms with Gasteiger partial charge in [0.05, 0.1) is 0 Å². The van der Waals surface area contributed by atoms with E-state index in [0.717, 1.165) is 25.0 Å². The third-order valence-electron chi connectivity index (χ3n) is 2.76. The lowest BCUT2D eigenvalue weighted by Crippen LogP contribution is -1.98. The second kappa shape index (κ2) is 4.67. The van der Waals surface area contributed by atoms with Crippen LogP contribution in [0.4, 0.5) is 0 Å². The summed E-state index contributed by atoms with van der Waals surface area (Å²) >= 11 is 5.06. The zero-order chi connectivity index (χ0) is 12.5. The van der Waals surface area contributed by atoms with Crippen molar-refractivity contribution in [2.45, 2.75) is 0 Å². The van der Waals surface area contributed by atoms with Gasteiger partial charge in [0.1, 0.15) is 0 Å². The first-order valence-corrected chi connectivity index (χ1v) is 7.14. The second-order valence-corrected chi connectivity index (χ2v) is 5.98. The van der Waals surface area contributed by atoms with Crippen molar-refractivity contribution in [1.82, 2.24) is 0 Å². The number of hydrogen-bond donors (Lipinski definition) is 0. The van der Waals surface area contributed by atoms with E-state index < -0.39 is 0 Å². The highest BCUT2D eigenvalue weighted by molar-refractivity contribution is 9.10. The molecule has 0 atom stereocenters. The number of rotatable bonds is 1. The molecule has 1 nitrogen and oxygen atoms in total. The molecule has 0 radical (unpaired) electrons. The topological polar surface area (TPSA) is 17.1 Å². The molecule has 0 spiro atoms. The van der Waals surface area contributed by atoms with Crippen molar-refractivity contribution in [3.05, 3.63) is 69.3 Å². The molecule has 0 aliphatic heterocycles. The molecule has 88 valence electrons. The van der Waals surface area contributed by atoms with Crippen LogP contribution in [0.15, 0.2) is 63.9 Å². The molecule has 0 saturated heterocycles. The van der Waals surface area contributed by atoms with E-state index in [4.69, 9.17) is 0 Å². The van der Waals surface area contributed by atoms with Crippen LogP contribution in [0.1, 0.15) is 0 Å². The molecule has 1 aromatic heterocycles. The predicted octanol–water partition coefficient (Wildman–Crippen LogP) is 4.69. The molecule has 0 amide bonds. The van der Waals surface area contributed by atoms with Gasteiger partial charge in [0.25, 0.3) is 0 Å². The van der Waals surface area contributed by atoms with Gasteiger partial charge in [-0.2, -0.15) is 0 Å². The third kappa shape index (κ3) is 2.11. The average molecular weight is 317 g/mol. The Hall–Kier alpha value is -1.45. The van der Waals surface area contributed by atoms with Crippen molar-refractivity contribution in [3.63, 3.8) is 0 Å². The molecule has 18 heavy (non-hydrogen) atoms. The Morgan fingerprint density at radius 1 is 0.944 bits per heavy atom. The van der Waals surface area contributed by atoms with E-state index in [0.29, 0.717) is 0 Å². The third-order valence-corrected chi connectivity index (χ3v) is 4.44.